The maximum Gasteiger partial charge on any atom is 0.351 e. The third-order valence-electron chi connectivity index (χ3n) is 4.28. The number of nitrogens with two attached hydrogens (primary N) is 1. The van der Waals surface area contributed by atoms with E-state index in [1.807, 2.05) is 0 Å². The second-order valence-corrected chi connectivity index (χ2v) is 5.89. The van der Waals surface area contributed by atoms with Gasteiger partial charge in [-0.1, -0.05) is 0 Å². The Morgan fingerprint density at radius 2 is 1.77 bits per heavy atom. The lowest BCUT2D eigenvalue weighted by molar-refractivity contribution is -0.245. The van der Waals surface area contributed by atoms with Gasteiger partial charge in [0.2, 0.25) is 17.1 Å². The van der Waals surface area contributed by atoms with Crippen molar-refractivity contribution in [3.05, 3.63) is 22.7 Å². The van der Waals surface area contributed by atoms with Gasteiger partial charge < -0.3 is 20.7 Å². The molecule has 0 bridgehead atoms. The van der Waals surface area contributed by atoms with Gasteiger partial charge in [0, 0.05) is 13.1 Å². The molecule has 1 aliphatic rings. The van der Waals surface area contributed by atoms with Crippen LogP contribution in [0.1, 0.15) is 27.0 Å². The number of nitrogen functional groups attached to an aromatic ring is 1. The van der Waals surface area contributed by atoms with Crippen LogP contribution in [0.4, 0.5) is 5.82 Å². The first kappa shape index (κ1) is 19.7. The standard InChI is InChI=1S/C14H18N4O8/c1-6(19)13(23)10(17-5-4-9(15)16-12(17)22)26-11(18(25)8(3)21)14(13,24)7(2)20/h4-5,10-11,23-25H,1-3H3,(H2,15,16,22)/t10-,11+,13+,14-/m1/s1. The van der Waals surface area contributed by atoms with Crippen molar-refractivity contribution in [2.75, 3.05) is 5.73 Å². The molecule has 4 atom stereocenters. The van der Waals surface area contributed by atoms with E-state index >= 15 is 0 Å². The van der Waals surface area contributed by atoms with Gasteiger partial charge in [-0.05, 0) is 19.9 Å². The van der Waals surface area contributed by atoms with Gasteiger partial charge in [-0.3, -0.25) is 24.2 Å². The smallest absolute Gasteiger partial charge is 0.351 e. The fourth-order valence-electron chi connectivity index (χ4n) is 2.85. The molecule has 0 aliphatic carbocycles. The number of carbonyl (C=O) groups excluding carboxylic acids is 3. The Morgan fingerprint density at radius 1 is 1.23 bits per heavy atom. The second-order valence-electron chi connectivity index (χ2n) is 5.89. The van der Waals surface area contributed by atoms with Crippen LogP contribution in [0.5, 0.6) is 0 Å². The Morgan fingerprint density at radius 3 is 2.19 bits per heavy atom. The maximum absolute atomic E-state index is 12.2. The number of Topliss-reactive ketones (excluding diaryl/α,β-unsaturated/α-hetero) is 2. The van der Waals surface area contributed by atoms with Gasteiger partial charge in [0.1, 0.15) is 5.82 Å². The lowest BCUT2D eigenvalue weighted by Crippen LogP contribution is -2.68. The minimum Gasteiger partial charge on any atom is -0.383 e. The van der Waals surface area contributed by atoms with E-state index in [0.717, 1.165) is 33.0 Å². The van der Waals surface area contributed by atoms with Crippen LogP contribution < -0.4 is 11.4 Å². The molecule has 1 saturated heterocycles. The molecule has 0 radical (unpaired) electrons. The molecule has 2 rings (SSSR count). The molecule has 142 valence electrons. The lowest BCUT2D eigenvalue weighted by Gasteiger charge is -2.38. The van der Waals surface area contributed by atoms with Gasteiger partial charge in [-0.15, -0.1) is 0 Å². The summed E-state index contributed by atoms with van der Waals surface area (Å²) >= 11 is 0. The monoisotopic (exact) mass is 370 g/mol. The van der Waals surface area contributed by atoms with E-state index in [1.165, 1.54) is 0 Å². The van der Waals surface area contributed by atoms with Gasteiger partial charge >= 0.3 is 5.69 Å². The largest absolute Gasteiger partial charge is 0.383 e. The Kier molecular flexibility index (Phi) is 4.72. The number of ketones is 2. The molecule has 1 aromatic heterocycles. The summed E-state index contributed by atoms with van der Waals surface area (Å²) in [6, 6.07) is 1.15. The Bertz CT molecular complexity index is 838. The van der Waals surface area contributed by atoms with Crippen LogP contribution in [0.3, 0.4) is 0 Å². The molecule has 0 aromatic carbocycles. The van der Waals surface area contributed by atoms with Crippen LogP contribution in [-0.2, 0) is 19.1 Å². The van der Waals surface area contributed by atoms with E-state index < -0.39 is 46.8 Å². The first-order valence-electron chi connectivity index (χ1n) is 7.34. The number of ether oxygens (including phenoxy) is 1. The number of nitrogens with zero attached hydrogens (tertiary/aromatic N) is 3. The van der Waals surface area contributed by atoms with E-state index in [1.54, 1.807) is 0 Å². The summed E-state index contributed by atoms with van der Waals surface area (Å²) in [6.07, 6.45) is -3.13. The number of aromatic nitrogens is 2. The topological polar surface area (TPSA) is 185 Å². The van der Waals surface area contributed by atoms with Crippen molar-refractivity contribution in [3.63, 3.8) is 0 Å². The molecule has 2 heterocycles. The highest BCUT2D eigenvalue weighted by atomic mass is 16.6. The Labute approximate surface area is 146 Å². The zero-order valence-corrected chi connectivity index (χ0v) is 14.1. The number of carbonyl (C=O) groups is 3. The summed E-state index contributed by atoms with van der Waals surface area (Å²) in [5.41, 5.74) is -1.76. The van der Waals surface area contributed by atoms with Crippen molar-refractivity contribution in [1.82, 2.24) is 14.6 Å². The molecule has 12 nitrogen and oxygen atoms in total. The molecule has 0 saturated carbocycles. The predicted molar refractivity (Wildman–Crippen MR) is 82.4 cm³/mol. The van der Waals surface area contributed by atoms with Crippen LogP contribution >= 0.6 is 0 Å². The lowest BCUT2D eigenvalue weighted by atomic mass is 9.76. The number of rotatable bonds is 4. The van der Waals surface area contributed by atoms with Crippen LogP contribution in [0.2, 0.25) is 0 Å². The molecule has 0 spiro atoms. The summed E-state index contributed by atoms with van der Waals surface area (Å²) in [6.45, 7) is 2.56. The number of amides is 1. The highest BCUT2D eigenvalue weighted by Gasteiger charge is 2.74. The SMILES string of the molecule is CC(=O)N(O)[C@H]1O[C@@H](n2ccc(N)nc2=O)[C@@](O)(C(C)=O)[C@@]1(O)C(C)=O. The van der Waals surface area contributed by atoms with Gasteiger partial charge in [0.25, 0.3) is 0 Å². The number of hydroxylamine groups is 2. The van der Waals surface area contributed by atoms with Crippen LogP contribution in [0, 0.1) is 0 Å². The first-order chi connectivity index (χ1) is 11.9. The molecular formula is C14H18N4O8. The van der Waals surface area contributed by atoms with E-state index in [-0.39, 0.29) is 10.9 Å². The third-order valence-corrected chi connectivity index (χ3v) is 4.28. The van der Waals surface area contributed by atoms with Gasteiger partial charge in [-0.2, -0.15) is 10.0 Å². The average Bonchev–Trinajstić information content (AvgIpc) is 2.78. The fourth-order valence-corrected chi connectivity index (χ4v) is 2.85. The maximum atomic E-state index is 12.2. The summed E-state index contributed by atoms with van der Waals surface area (Å²) in [5, 5.41) is 31.6. The van der Waals surface area contributed by atoms with Crippen LogP contribution in [0.15, 0.2) is 17.1 Å². The summed E-state index contributed by atoms with van der Waals surface area (Å²) in [4.78, 5) is 51.3. The van der Waals surface area contributed by atoms with Crippen molar-refractivity contribution < 1.29 is 34.5 Å². The van der Waals surface area contributed by atoms with Crippen LogP contribution in [-0.4, -0.2) is 64.9 Å². The van der Waals surface area contributed by atoms with Crippen LogP contribution in [0.25, 0.3) is 0 Å². The van der Waals surface area contributed by atoms with Crippen molar-refractivity contribution in [2.24, 2.45) is 0 Å². The zero-order valence-electron chi connectivity index (χ0n) is 14.1. The summed E-state index contributed by atoms with van der Waals surface area (Å²) < 4.78 is 5.85. The normalized spacial score (nSPS) is 30.8. The number of aliphatic hydroxyl groups is 2. The molecule has 1 aromatic rings. The van der Waals surface area contributed by atoms with E-state index in [9.17, 15) is 34.6 Å². The summed E-state index contributed by atoms with van der Waals surface area (Å²) in [7, 11) is 0. The first-order valence-corrected chi connectivity index (χ1v) is 7.34. The molecule has 1 amide bonds. The molecule has 1 aliphatic heterocycles. The number of hydrogen-bond acceptors (Lipinski definition) is 10. The van der Waals surface area contributed by atoms with Gasteiger partial charge in [0.15, 0.2) is 24.0 Å². The van der Waals surface area contributed by atoms with Crippen molar-refractivity contribution in [1.29, 1.82) is 0 Å². The highest BCUT2D eigenvalue weighted by Crippen LogP contribution is 2.47. The van der Waals surface area contributed by atoms with E-state index in [2.05, 4.69) is 4.98 Å². The van der Waals surface area contributed by atoms with Crippen molar-refractivity contribution >= 4 is 23.3 Å². The molecule has 5 N–H and O–H groups in total. The van der Waals surface area contributed by atoms with Gasteiger partial charge in [0.05, 0.1) is 0 Å². The molecule has 1 fully saturated rings. The molecule has 12 heteroatoms. The molecular weight excluding hydrogens is 352 g/mol. The van der Waals surface area contributed by atoms with E-state index in [4.69, 9.17) is 10.5 Å². The van der Waals surface area contributed by atoms with Crippen molar-refractivity contribution in [2.45, 2.75) is 44.4 Å². The van der Waals surface area contributed by atoms with E-state index in [0.29, 0.717) is 4.57 Å². The minimum absolute atomic E-state index is 0.148. The average molecular weight is 370 g/mol. The summed E-state index contributed by atoms with van der Waals surface area (Å²) in [5.74, 6) is -3.55. The Balaban J connectivity index is 2.77. The van der Waals surface area contributed by atoms with Crippen molar-refractivity contribution in [3.8, 4) is 0 Å². The highest BCUT2D eigenvalue weighted by molar-refractivity contribution is 5.99. The fraction of sp³-hybridized carbons (Fsp3) is 0.500. The molecule has 26 heavy (non-hydrogen) atoms. The van der Waals surface area contributed by atoms with Gasteiger partial charge in [-0.25, -0.2) is 4.79 Å². The number of anilines is 1. The quantitative estimate of drug-likeness (QED) is 0.328. The molecule has 0 unspecified atom stereocenters. The minimum atomic E-state index is -3.06. The number of hydrogen-bond donors (Lipinski definition) is 4. The second kappa shape index (κ2) is 6.25. The Hall–Kier alpha value is -2.67. The third kappa shape index (κ3) is 2.50. The predicted octanol–water partition coefficient (Wildman–Crippen LogP) is -2.44. The zero-order chi connectivity index (χ0) is 20.0.